The van der Waals surface area contributed by atoms with Crippen LogP contribution in [-0.4, -0.2) is 35.3 Å². The van der Waals surface area contributed by atoms with E-state index in [-0.39, 0.29) is 17.4 Å². The van der Waals surface area contributed by atoms with Crippen LogP contribution in [0.15, 0.2) is 24.3 Å². The number of aryl methyl sites for hydroxylation is 2. The van der Waals surface area contributed by atoms with Crippen molar-refractivity contribution in [3.63, 3.8) is 0 Å². The average molecular weight is 344 g/mol. The number of likely N-dealkylation sites (N-methyl/N-ethyl adjacent to an activating group) is 1. The summed E-state index contributed by atoms with van der Waals surface area (Å²) >= 11 is 6.35. The molecule has 0 spiro atoms. The van der Waals surface area contributed by atoms with Crippen LogP contribution in [0.2, 0.25) is 5.02 Å². The van der Waals surface area contributed by atoms with Crippen LogP contribution in [-0.2, 0) is 19.3 Å². The molecule has 24 heavy (non-hydrogen) atoms. The van der Waals surface area contributed by atoms with Crippen molar-refractivity contribution in [1.29, 1.82) is 0 Å². The zero-order chi connectivity index (χ0) is 16.8. The van der Waals surface area contributed by atoms with Crippen molar-refractivity contribution < 1.29 is 10.2 Å². The molecule has 4 heteroatoms. The average Bonchev–Trinajstić information content (AvgIpc) is 2.97. The van der Waals surface area contributed by atoms with Crippen molar-refractivity contribution in [3.05, 3.63) is 57.1 Å². The van der Waals surface area contributed by atoms with E-state index >= 15 is 0 Å². The Balaban J connectivity index is 1.86. The summed E-state index contributed by atoms with van der Waals surface area (Å²) in [6.07, 6.45) is 4.35. The first-order chi connectivity index (χ1) is 11.5. The summed E-state index contributed by atoms with van der Waals surface area (Å²) < 4.78 is 0. The molecule has 0 fully saturated rings. The topological polar surface area (TPSA) is 43.7 Å². The van der Waals surface area contributed by atoms with E-state index in [0.717, 1.165) is 37.1 Å². The van der Waals surface area contributed by atoms with Crippen molar-refractivity contribution in [2.45, 2.75) is 31.6 Å². The third-order valence-electron chi connectivity index (χ3n) is 5.49. The van der Waals surface area contributed by atoms with Gasteiger partial charge in [-0.3, -0.25) is 0 Å². The van der Waals surface area contributed by atoms with Gasteiger partial charge in [0, 0.05) is 19.0 Å². The Morgan fingerprint density at radius 3 is 2.71 bits per heavy atom. The lowest BCUT2D eigenvalue weighted by Gasteiger charge is -2.23. The lowest BCUT2D eigenvalue weighted by Crippen LogP contribution is -2.24. The van der Waals surface area contributed by atoms with Gasteiger partial charge >= 0.3 is 0 Å². The highest BCUT2D eigenvalue weighted by molar-refractivity contribution is 6.33. The molecule has 1 atom stereocenters. The van der Waals surface area contributed by atoms with Gasteiger partial charge in [0.05, 0.1) is 5.02 Å². The standard InChI is InChI=1S/C20H22ClNO2/c1-22-8-7-15-16(10-18(23)20(24)19(15)21)17(11-22)14-6-5-12-3-2-4-13(12)9-14/h5-6,9-10,17,23-24H,2-4,7-8,11H2,1H3. The first-order valence-electron chi connectivity index (χ1n) is 8.58. The minimum absolute atomic E-state index is 0.130. The number of aromatic hydroxyl groups is 2. The highest BCUT2D eigenvalue weighted by Gasteiger charge is 2.28. The fourth-order valence-corrected chi connectivity index (χ4v) is 4.45. The van der Waals surface area contributed by atoms with Crippen molar-refractivity contribution in [3.8, 4) is 11.5 Å². The second-order valence-electron chi connectivity index (χ2n) is 7.07. The lowest BCUT2D eigenvalue weighted by molar-refractivity contribution is 0.338. The van der Waals surface area contributed by atoms with Gasteiger partial charge in [-0.25, -0.2) is 0 Å². The molecule has 3 nitrogen and oxygen atoms in total. The van der Waals surface area contributed by atoms with Crippen LogP contribution < -0.4 is 0 Å². The minimum atomic E-state index is -0.201. The Bertz CT molecular complexity index is 803. The lowest BCUT2D eigenvalue weighted by atomic mass is 9.86. The summed E-state index contributed by atoms with van der Waals surface area (Å²) in [5, 5.41) is 20.4. The molecule has 0 saturated carbocycles. The fraction of sp³-hybridized carbons (Fsp3) is 0.400. The molecule has 2 N–H and O–H groups in total. The van der Waals surface area contributed by atoms with E-state index in [4.69, 9.17) is 11.6 Å². The second kappa shape index (κ2) is 5.98. The normalized spacial score (nSPS) is 20.5. The molecule has 4 rings (SSSR count). The Morgan fingerprint density at radius 1 is 1.08 bits per heavy atom. The Hall–Kier alpha value is -1.71. The maximum atomic E-state index is 10.1. The van der Waals surface area contributed by atoms with E-state index in [1.807, 2.05) is 0 Å². The SMILES string of the molecule is CN1CCc2c(cc(O)c(O)c2Cl)C(c2ccc3c(c2)CCC3)C1. The summed E-state index contributed by atoms with van der Waals surface area (Å²) in [5.74, 6) is -0.176. The second-order valence-corrected chi connectivity index (χ2v) is 7.45. The molecule has 0 amide bonds. The number of rotatable bonds is 1. The minimum Gasteiger partial charge on any atom is -0.504 e. The van der Waals surface area contributed by atoms with Gasteiger partial charge in [0.25, 0.3) is 0 Å². The van der Waals surface area contributed by atoms with Gasteiger partial charge < -0.3 is 15.1 Å². The Morgan fingerprint density at radius 2 is 1.88 bits per heavy atom. The third-order valence-corrected chi connectivity index (χ3v) is 5.90. The van der Waals surface area contributed by atoms with Gasteiger partial charge in [-0.2, -0.15) is 0 Å². The summed E-state index contributed by atoms with van der Waals surface area (Å²) in [6.45, 7) is 1.77. The molecule has 1 heterocycles. The first kappa shape index (κ1) is 15.8. The summed E-state index contributed by atoms with van der Waals surface area (Å²) in [7, 11) is 2.11. The Labute approximate surface area is 147 Å². The highest BCUT2D eigenvalue weighted by Crippen LogP contribution is 2.43. The third kappa shape index (κ3) is 2.56. The Kier molecular flexibility index (Phi) is 3.93. The predicted molar refractivity (Wildman–Crippen MR) is 96.3 cm³/mol. The van der Waals surface area contributed by atoms with Gasteiger partial charge in [0.2, 0.25) is 0 Å². The molecule has 0 saturated heterocycles. The van der Waals surface area contributed by atoms with Gasteiger partial charge in [-0.1, -0.05) is 29.8 Å². The quantitative estimate of drug-likeness (QED) is 0.773. The number of fused-ring (bicyclic) bond motifs is 2. The molecule has 2 aromatic rings. The molecule has 2 aromatic carbocycles. The van der Waals surface area contributed by atoms with E-state index in [9.17, 15) is 10.2 Å². The molecule has 1 aliphatic carbocycles. The summed E-state index contributed by atoms with van der Waals surface area (Å²) in [4.78, 5) is 2.29. The van der Waals surface area contributed by atoms with Crippen LogP contribution in [0.25, 0.3) is 0 Å². The van der Waals surface area contributed by atoms with Crippen molar-refractivity contribution in [2.24, 2.45) is 0 Å². The molecular weight excluding hydrogens is 322 g/mol. The number of phenolic OH excluding ortho intramolecular Hbond substituents is 2. The number of hydrogen-bond donors (Lipinski definition) is 2. The fourth-order valence-electron chi connectivity index (χ4n) is 4.15. The van der Waals surface area contributed by atoms with E-state index in [2.05, 4.69) is 30.1 Å². The van der Waals surface area contributed by atoms with Gasteiger partial charge in [0.15, 0.2) is 11.5 Å². The van der Waals surface area contributed by atoms with Crippen LogP contribution in [0.5, 0.6) is 11.5 Å². The molecule has 126 valence electrons. The van der Waals surface area contributed by atoms with E-state index < -0.39 is 0 Å². The zero-order valence-electron chi connectivity index (χ0n) is 13.8. The van der Waals surface area contributed by atoms with Crippen molar-refractivity contribution in [1.82, 2.24) is 4.90 Å². The molecule has 1 unspecified atom stereocenters. The molecule has 0 bridgehead atoms. The highest BCUT2D eigenvalue weighted by atomic mass is 35.5. The summed E-state index contributed by atoms with van der Waals surface area (Å²) in [6, 6.07) is 8.50. The zero-order valence-corrected chi connectivity index (χ0v) is 14.6. The molecule has 2 aliphatic rings. The van der Waals surface area contributed by atoms with Crippen molar-refractivity contribution >= 4 is 11.6 Å². The van der Waals surface area contributed by atoms with Gasteiger partial charge in [-0.15, -0.1) is 0 Å². The first-order valence-corrected chi connectivity index (χ1v) is 8.96. The number of benzene rings is 2. The largest absolute Gasteiger partial charge is 0.504 e. The van der Waals surface area contributed by atoms with E-state index in [1.54, 1.807) is 6.07 Å². The van der Waals surface area contributed by atoms with E-state index in [1.165, 1.54) is 29.5 Å². The number of halogens is 1. The van der Waals surface area contributed by atoms with Crippen LogP contribution >= 0.6 is 11.6 Å². The van der Waals surface area contributed by atoms with Crippen molar-refractivity contribution in [2.75, 3.05) is 20.1 Å². The number of nitrogens with zero attached hydrogens (tertiary/aromatic N) is 1. The maximum Gasteiger partial charge on any atom is 0.176 e. The molecule has 0 aromatic heterocycles. The molecule has 1 aliphatic heterocycles. The van der Waals surface area contributed by atoms with Crippen LogP contribution in [0, 0.1) is 0 Å². The van der Waals surface area contributed by atoms with E-state index in [0.29, 0.717) is 5.02 Å². The molecular formula is C20H22ClNO2. The number of phenols is 2. The van der Waals surface area contributed by atoms with Crippen LogP contribution in [0.3, 0.4) is 0 Å². The summed E-state index contributed by atoms with van der Waals surface area (Å²) in [5.41, 5.74) is 6.19. The van der Waals surface area contributed by atoms with Crippen LogP contribution in [0.4, 0.5) is 0 Å². The smallest absolute Gasteiger partial charge is 0.176 e. The van der Waals surface area contributed by atoms with Gasteiger partial charge in [0.1, 0.15) is 0 Å². The van der Waals surface area contributed by atoms with Gasteiger partial charge in [-0.05, 0) is 66.6 Å². The predicted octanol–water partition coefficient (Wildman–Crippen LogP) is 3.86. The maximum absolute atomic E-state index is 10.1. The molecule has 0 radical (unpaired) electrons. The van der Waals surface area contributed by atoms with Crippen LogP contribution in [0.1, 0.15) is 40.2 Å². The monoisotopic (exact) mass is 343 g/mol. The number of hydrogen-bond acceptors (Lipinski definition) is 3.